The molecule has 19 heavy (non-hydrogen) atoms. The molecule has 1 rings (SSSR count). The van der Waals surface area contributed by atoms with E-state index in [1.807, 2.05) is 43.3 Å². The van der Waals surface area contributed by atoms with Gasteiger partial charge in [0.1, 0.15) is 5.92 Å². The molecule has 5 nitrogen and oxygen atoms in total. The molecule has 0 bridgehead atoms. The van der Waals surface area contributed by atoms with Gasteiger partial charge < -0.3 is 15.3 Å². The molecule has 0 saturated heterocycles. The lowest BCUT2D eigenvalue weighted by Crippen LogP contribution is -2.33. The number of carboxylic acids is 1. The van der Waals surface area contributed by atoms with Crippen LogP contribution in [0.5, 0.6) is 0 Å². The molecule has 104 valence electrons. The van der Waals surface area contributed by atoms with Crippen molar-refractivity contribution in [2.75, 3.05) is 14.1 Å². The number of amides is 1. The smallest absolute Gasteiger partial charge is 0.315 e. The Morgan fingerprint density at radius 3 is 2.37 bits per heavy atom. The van der Waals surface area contributed by atoms with Crippen LogP contribution in [0.25, 0.3) is 0 Å². The van der Waals surface area contributed by atoms with E-state index in [-0.39, 0.29) is 0 Å². The predicted octanol–water partition coefficient (Wildman–Crippen LogP) is 1.09. The minimum atomic E-state index is -1.11. The Morgan fingerprint density at radius 2 is 1.84 bits per heavy atom. The second-order valence-corrected chi connectivity index (χ2v) is 4.78. The molecule has 0 heterocycles. The van der Waals surface area contributed by atoms with Gasteiger partial charge in [-0.3, -0.25) is 9.59 Å². The van der Waals surface area contributed by atoms with E-state index in [9.17, 15) is 9.59 Å². The minimum absolute atomic E-state index is 0.348. The molecule has 1 aromatic rings. The minimum Gasteiger partial charge on any atom is -0.481 e. The largest absolute Gasteiger partial charge is 0.481 e. The Kier molecular flexibility index (Phi) is 5.51. The van der Waals surface area contributed by atoms with Gasteiger partial charge in [0.05, 0.1) is 0 Å². The maximum Gasteiger partial charge on any atom is 0.315 e. The van der Waals surface area contributed by atoms with Gasteiger partial charge in [-0.15, -0.1) is 0 Å². The third-order valence-electron chi connectivity index (χ3n) is 2.82. The zero-order chi connectivity index (χ0) is 14.4. The van der Waals surface area contributed by atoms with Gasteiger partial charge in [0.2, 0.25) is 5.91 Å². The van der Waals surface area contributed by atoms with Gasteiger partial charge in [-0.1, -0.05) is 24.3 Å². The fraction of sp³-hybridized carbons (Fsp3) is 0.429. The van der Waals surface area contributed by atoms with Crippen molar-refractivity contribution in [3.63, 3.8) is 0 Å². The Balaban J connectivity index is 2.67. The maximum absolute atomic E-state index is 11.6. The highest BCUT2D eigenvalue weighted by Crippen LogP contribution is 2.10. The number of carbonyl (C=O) groups is 2. The van der Waals surface area contributed by atoms with Crippen LogP contribution in [0.4, 0.5) is 0 Å². The number of hydrogen-bond donors (Lipinski definition) is 2. The van der Waals surface area contributed by atoms with Gasteiger partial charge in [-0.25, -0.2) is 0 Å². The van der Waals surface area contributed by atoms with Gasteiger partial charge in [-0.05, 0) is 32.1 Å². The SMILES string of the molecule is CC(C(=O)O)C(=O)NCc1ccccc1CN(C)C. The van der Waals surface area contributed by atoms with Crippen molar-refractivity contribution >= 4 is 11.9 Å². The van der Waals surface area contributed by atoms with Gasteiger partial charge in [0, 0.05) is 13.1 Å². The van der Waals surface area contributed by atoms with Crippen LogP contribution in [0, 0.1) is 5.92 Å². The summed E-state index contributed by atoms with van der Waals surface area (Å²) < 4.78 is 0. The molecule has 1 atom stereocenters. The lowest BCUT2D eigenvalue weighted by Gasteiger charge is -2.15. The van der Waals surface area contributed by atoms with E-state index in [2.05, 4.69) is 5.32 Å². The molecular weight excluding hydrogens is 244 g/mol. The third-order valence-corrected chi connectivity index (χ3v) is 2.82. The van der Waals surface area contributed by atoms with E-state index in [0.717, 1.165) is 17.7 Å². The summed E-state index contributed by atoms with van der Waals surface area (Å²) >= 11 is 0. The van der Waals surface area contributed by atoms with Crippen LogP contribution in [0.1, 0.15) is 18.1 Å². The number of nitrogens with zero attached hydrogens (tertiary/aromatic N) is 1. The van der Waals surface area contributed by atoms with E-state index in [1.165, 1.54) is 6.92 Å². The summed E-state index contributed by atoms with van der Waals surface area (Å²) in [7, 11) is 3.95. The Bertz CT molecular complexity index is 458. The molecule has 0 aliphatic carbocycles. The molecule has 0 aliphatic rings. The van der Waals surface area contributed by atoms with Gasteiger partial charge in [-0.2, -0.15) is 0 Å². The van der Waals surface area contributed by atoms with E-state index >= 15 is 0 Å². The molecule has 1 amide bonds. The second kappa shape index (κ2) is 6.89. The van der Waals surface area contributed by atoms with Crippen LogP contribution in [0.2, 0.25) is 0 Å². The molecule has 2 N–H and O–H groups in total. The maximum atomic E-state index is 11.6. The van der Waals surface area contributed by atoms with E-state index < -0.39 is 17.8 Å². The Morgan fingerprint density at radius 1 is 1.26 bits per heavy atom. The molecule has 0 spiro atoms. The van der Waals surface area contributed by atoms with Gasteiger partial charge in [0.25, 0.3) is 0 Å². The highest BCUT2D eigenvalue weighted by atomic mass is 16.4. The van der Waals surface area contributed by atoms with Crippen molar-refractivity contribution < 1.29 is 14.7 Å². The first kappa shape index (κ1) is 15.2. The highest BCUT2D eigenvalue weighted by molar-refractivity contribution is 5.96. The van der Waals surface area contributed by atoms with Crippen molar-refractivity contribution in [1.29, 1.82) is 0 Å². The van der Waals surface area contributed by atoms with Gasteiger partial charge in [0.15, 0.2) is 0 Å². The van der Waals surface area contributed by atoms with Gasteiger partial charge >= 0.3 is 5.97 Å². The topological polar surface area (TPSA) is 69.6 Å². The van der Waals surface area contributed by atoms with E-state index in [0.29, 0.717) is 6.54 Å². The second-order valence-electron chi connectivity index (χ2n) is 4.78. The molecular formula is C14H20N2O3. The molecule has 0 aromatic heterocycles. The van der Waals surface area contributed by atoms with Crippen LogP contribution >= 0.6 is 0 Å². The third kappa shape index (κ3) is 4.71. The lowest BCUT2D eigenvalue weighted by molar-refractivity contribution is -0.146. The molecule has 0 aliphatic heterocycles. The molecule has 1 unspecified atom stereocenters. The van der Waals surface area contributed by atoms with Crippen LogP contribution < -0.4 is 5.32 Å². The van der Waals surface area contributed by atoms with E-state index in [1.54, 1.807) is 0 Å². The predicted molar refractivity (Wildman–Crippen MR) is 72.5 cm³/mol. The monoisotopic (exact) mass is 264 g/mol. The fourth-order valence-corrected chi connectivity index (χ4v) is 1.67. The summed E-state index contributed by atoms with van der Waals surface area (Å²) in [4.78, 5) is 24.3. The lowest BCUT2D eigenvalue weighted by atomic mass is 10.1. The standard InChI is InChI=1S/C14H20N2O3/c1-10(14(18)19)13(17)15-8-11-6-4-5-7-12(11)9-16(2)3/h4-7,10H,8-9H2,1-3H3,(H,15,17)(H,18,19). The van der Waals surface area contributed by atoms with Crippen molar-refractivity contribution in [3.05, 3.63) is 35.4 Å². The summed E-state index contributed by atoms with van der Waals surface area (Å²) in [5.41, 5.74) is 2.12. The molecule has 0 saturated carbocycles. The number of carboxylic acid groups (broad SMARTS) is 1. The number of hydrogen-bond acceptors (Lipinski definition) is 3. The first-order valence-corrected chi connectivity index (χ1v) is 6.14. The van der Waals surface area contributed by atoms with Crippen LogP contribution in [-0.2, 0) is 22.7 Å². The van der Waals surface area contributed by atoms with Crippen molar-refractivity contribution in [3.8, 4) is 0 Å². The Hall–Kier alpha value is -1.88. The van der Waals surface area contributed by atoms with Crippen molar-refractivity contribution in [1.82, 2.24) is 10.2 Å². The van der Waals surface area contributed by atoms with Crippen LogP contribution in [-0.4, -0.2) is 36.0 Å². The molecule has 0 fully saturated rings. The van der Waals surface area contributed by atoms with Crippen molar-refractivity contribution in [2.24, 2.45) is 5.92 Å². The summed E-state index contributed by atoms with van der Waals surface area (Å²) in [6, 6.07) is 7.79. The normalized spacial score (nSPS) is 12.2. The van der Waals surface area contributed by atoms with Crippen molar-refractivity contribution in [2.45, 2.75) is 20.0 Å². The molecule has 5 heteroatoms. The number of benzene rings is 1. The average Bonchev–Trinajstić information content (AvgIpc) is 2.35. The van der Waals surface area contributed by atoms with Crippen LogP contribution in [0.15, 0.2) is 24.3 Å². The fourth-order valence-electron chi connectivity index (χ4n) is 1.67. The quantitative estimate of drug-likeness (QED) is 0.754. The number of rotatable bonds is 6. The number of nitrogens with one attached hydrogen (secondary N) is 1. The summed E-state index contributed by atoms with van der Waals surface area (Å²) in [5.74, 6) is -2.60. The zero-order valence-electron chi connectivity index (χ0n) is 11.5. The first-order chi connectivity index (χ1) is 8.91. The summed E-state index contributed by atoms with van der Waals surface area (Å²) in [6.07, 6.45) is 0. The zero-order valence-corrected chi connectivity index (χ0v) is 11.5. The molecule has 1 aromatic carbocycles. The summed E-state index contributed by atoms with van der Waals surface area (Å²) in [6.45, 7) is 2.50. The number of carbonyl (C=O) groups excluding carboxylic acids is 1. The first-order valence-electron chi connectivity index (χ1n) is 6.14. The van der Waals surface area contributed by atoms with Crippen LogP contribution in [0.3, 0.4) is 0 Å². The number of aliphatic carboxylic acids is 1. The highest BCUT2D eigenvalue weighted by Gasteiger charge is 2.20. The Labute approximate surface area is 113 Å². The summed E-state index contributed by atoms with van der Waals surface area (Å²) in [5, 5.41) is 11.4. The average molecular weight is 264 g/mol. The van der Waals surface area contributed by atoms with E-state index in [4.69, 9.17) is 5.11 Å². The molecule has 0 radical (unpaired) electrons.